The number of methoxy groups -OCH3 is 2. The molecule has 0 radical (unpaired) electrons. The second-order valence-corrected chi connectivity index (χ2v) is 7.28. The number of ether oxygens (including phenoxy) is 4. The lowest BCUT2D eigenvalue weighted by Gasteiger charge is -2.14. The van der Waals surface area contributed by atoms with Gasteiger partial charge < -0.3 is 34.4 Å². The highest BCUT2D eigenvalue weighted by molar-refractivity contribution is 5.42. The first-order valence-electron chi connectivity index (χ1n) is 10.6. The fourth-order valence-electron chi connectivity index (χ4n) is 3.11. The van der Waals surface area contributed by atoms with Gasteiger partial charge in [0.1, 0.15) is 30.9 Å². The van der Waals surface area contributed by atoms with Crippen LogP contribution in [0.25, 0.3) is 0 Å². The number of benzene rings is 2. The van der Waals surface area contributed by atoms with Crippen LogP contribution in [0.3, 0.4) is 0 Å². The highest BCUT2D eigenvalue weighted by Gasteiger charge is 2.07. The summed E-state index contributed by atoms with van der Waals surface area (Å²) in [6.07, 6.45) is 3.69. The summed E-state index contributed by atoms with van der Waals surface area (Å²) in [4.78, 5) is 7.12. The van der Waals surface area contributed by atoms with Crippen molar-refractivity contribution in [2.24, 2.45) is 0 Å². The average Bonchev–Trinajstić information content (AvgIpc) is 3.34. The molecule has 0 saturated carbocycles. The van der Waals surface area contributed by atoms with E-state index in [0.29, 0.717) is 37.0 Å². The molecule has 0 aliphatic heterocycles. The van der Waals surface area contributed by atoms with Gasteiger partial charge in [-0.1, -0.05) is 18.2 Å². The van der Waals surface area contributed by atoms with Crippen LogP contribution in [0, 0.1) is 0 Å². The van der Waals surface area contributed by atoms with Gasteiger partial charge in [0.15, 0.2) is 11.5 Å². The first-order chi connectivity index (χ1) is 15.7. The number of aromatic amines is 1. The van der Waals surface area contributed by atoms with Crippen molar-refractivity contribution < 1.29 is 24.1 Å². The van der Waals surface area contributed by atoms with E-state index in [0.717, 1.165) is 29.9 Å². The smallest absolute Gasteiger partial charge is 0.160 e. The molecular weight excluding hydrogens is 410 g/mol. The van der Waals surface area contributed by atoms with E-state index in [-0.39, 0.29) is 6.61 Å². The summed E-state index contributed by atoms with van der Waals surface area (Å²) in [5.41, 5.74) is 2.18. The van der Waals surface area contributed by atoms with Crippen LogP contribution in [-0.4, -0.2) is 55.1 Å². The molecule has 0 bridgehead atoms. The highest BCUT2D eigenvalue weighted by Crippen LogP contribution is 2.27. The van der Waals surface area contributed by atoms with E-state index in [1.54, 1.807) is 26.6 Å². The third kappa shape index (κ3) is 7.56. The fraction of sp³-hybridized carbons (Fsp3) is 0.375. The third-order valence-corrected chi connectivity index (χ3v) is 4.85. The van der Waals surface area contributed by atoms with E-state index in [1.807, 2.05) is 42.5 Å². The Morgan fingerprint density at radius 2 is 1.78 bits per heavy atom. The van der Waals surface area contributed by atoms with Crippen LogP contribution in [0.5, 0.6) is 17.2 Å². The molecule has 0 aliphatic carbocycles. The SMILES string of the molecule is COc1ccc(CCNC[C@H](O)COc2ccc(COCc3ncc[nH]3)cc2)cc1OC. The van der Waals surface area contributed by atoms with Gasteiger partial charge in [0.2, 0.25) is 0 Å². The van der Waals surface area contributed by atoms with Crippen molar-refractivity contribution >= 4 is 0 Å². The monoisotopic (exact) mass is 441 g/mol. The lowest BCUT2D eigenvalue weighted by atomic mass is 10.1. The van der Waals surface area contributed by atoms with E-state index in [1.165, 1.54) is 0 Å². The lowest BCUT2D eigenvalue weighted by molar-refractivity contribution is 0.101. The van der Waals surface area contributed by atoms with Crippen LogP contribution in [0.1, 0.15) is 17.0 Å². The number of nitrogens with one attached hydrogen (secondary N) is 2. The van der Waals surface area contributed by atoms with E-state index in [9.17, 15) is 5.11 Å². The minimum Gasteiger partial charge on any atom is -0.493 e. The number of H-pyrrole nitrogens is 1. The Bertz CT molecular complexity index is 916. The molecule has 8 heteroatoms. The standard InChI is InChI=1S/C24H31N3O5/c1-29-22-8-5-18(13-23(22)30-2)9-10-25-14-20(28)16-32-21-6-3-19(4-7-21)15-31-17-24-26-11-12-27-24/h3-8,11-13,20,25,28H,9-10,14-17H2,1-2H3,(H,26,27)/t20-/m0/s1. The van der Waals surface area contributed by atoms with Gasteiger partial charge in [-0.25, -0.2) is 4.98 Å². The summed E-state index contributed by atoms with van der Waals surface area (Å²) < 4.78 is 21.9. The zero-order chi connectivity index (χ0) is 22.6. The summed E-state index contributed by atoms with van der Waals surface area (Å²) in [6, 6.07) is 13.5. The Kier molecular flexibility index (Phi) is 9.37. The molecule has 1 aromatic heterocycles. The lowest BCUT2D eigenvalue weighted by Crippen LogP contribution is -2.32. The molecule has 0 aliphatic rings. The minimum absolute atomic E-state index is 0.220. The van der Waals surface area contributed by atoms with Crippen molar-refractivity contribution in [3.05, 3.63) is 71.8 Å². The van der Waals surface area contributed by atoms with E-state index in [2.05, 4.69) is 15.3 Å². The summed E-state index contributed by atoms with van der Waals surface area (Å²) in [6.45, 7) is 2.34. The first-order valence-corrected chi connectivity index (χ1v) is 10.6. The van der Waals surface area contributed by atoms with Gasteiger partial charge in [0, 0.05) is 18.9 Å². The number of hydrogen-bond donors (Lipinski definition) is 3. The first kappa shape index (κ1) is 23.6. The number of aliphatic hydroxyl groups excluding tert-OH is 1. The topological polar surface area (TPSA) is 97.9 Å². The zero-order valence-corrected chi connectivity index (χ0v) is 18.5. The molecule has 0 spiro atoms. The number of rotatable bonds is 14. The van der Waals surface area contributed by atoms with E-state index in [4.69, 9.17) is 18.9 Å². The predicted octanol–water partition coefficient (Wildman–Crippen LogP) is 2.72. The van der Waals surface area contributed by atoms with Gasteiger partial charge in [0.05, 0.1) is 20.8 Å². The summed E-state index contributed by atoms with van der Waals surface area (Å²) >= 11 is 0. The number of aliphatic hydroxyl groups is 1. The van der Waals surface area contributed by atoms with Crippen LogP contribution in [0.15, 0.2) is 54.9 Å². The van der Waals surface area contributed by atoms with Crippen LogP contribution in [0.2, 0.25) is 0 Å². The second-order valence-electron chi connectivity index (χ2n) is 7.28. The van der Waals surface area contributed by atoms with Crippen molar-refractivity contribution in [3.8, 4) is 17.2 Å². The Hall–Kier alpha value is -3.07. The van der Waals surface area contributed by atoms with Gasteiger partial charge in [0.25, 0.3) is 0 Å². The molecule has 3 rings (SSSR count). The Morgan fingerprint density at radius 1 is 1.00 bits per heavy atom. The van der Waals surface area contributed by atoms with Gasteiger partial charge in [-0.3, -0.25) is 0 Å². The quantitative estimate of drug-likeness (QED) is 0.331. The zero-order valence-electron chi connectivity index (χ0n) is 18.5. The maximum absolute atomic E-state index is 10.2. The summed E-state index contributed by atoms with van der Waals surface area (Å²) in [5.74, 6) is 2.94. The Morgan fingerprint density at radius 3 is 2.50 bits per heavy atom. The van der Waals surface area contributed by atoms with Crippen LogP contribution in [-0.2, 0) is 24.4 Å². The number of aromatic nitrogens is 2. The maximum Gasteiger partial charge on any atom is 0.160 e. The molecule has 3 aromatic rings. The van der Waals surface area contributed by atoms with Gasteiger partial charge in [-0.05, 0) is 48.4 Å². The third-order valence-electron chi connectivity index (χ3n) is 4.85. The molecule has 0 fully saturated rings. The maximum atomic E-state index is 10.2. The van der Waals surface area contributed by atoms with Crippen LogP contribution < -0.4 is 19.5 Å². The molecule has 3 N–H and O–H groups in total. The molecule has 172 valence electrons. The number of hydrogen-bond acceptors (Lipinski definition) is 7. The normalized spacial score (nSPS) is 11.8. The van der Waals surface area contributed by atoms with Crippen molar-refractivity contribution in [1.82, 2.24) is 15.3 Å². The van der Waals surface area contributed by atoms with Crippen LogP contribution >= 0.6 is 0 Å². The molecule has 0 unspecified atom stereocenters. The summed E-state index contributed by atoms with van der Waals surface area (Å²) in [7, 11) is 3.25. The van der Waals surface area contributed by atoms with Crippen LogP contribution in [0.4, 0.5) is 0 Å². The van der Waals surface area contributed by atoms with Gasteiger partial charge in [-0.2, -0.15) is 0 Å². The Labute approximate surface area is 188 Å². The molecule has 32 heavy (non-hydrogen) atoms. The summed E-state index contributed by atoms with van der Waals surface area (Å²) in [5, 5.41) is 13.4. The number of nitrogens with zero attached hydrogens (tertiary/aromatic N) is 1. The minimum atomic E-state index is -0.600. The molecular formula is C24H31N3O5. The number of imidazole rings is 1. The van der Waals surface area contributed by atoms with E-state index >= 15 is 0 Å². The Balaban J connectivity index is 1.30. The predicted molar refractivity (Wildman–Crippen MR) is 121 cm³/mol. The molecule has 0 saturated heterocycles. The average molecular weight is 442 g/mol. The van der Waals surface area contributed by atoms with Crippen molar-refractivity contribution in [3.63, 3.8) is 0 Å². The van der Waals surface area contributed by atoms with Crippen molar-refractivity contribution in [2.45, 2.75) is 25.7 Å². The molecule has 0 amide bonds. The van der Waals surface area contributed by atoms with Crippen molar-refractivity contribution in [2.75, 3.05) is 33.9 Å². The molecule has 1 atom stereocenters. The van der Waals surface area contributed by atoms with Gasteiger partial charge >= 0.3 is 0 Å². The second kappa shape index (κ2) is 12.7. The molecule has 2 aromatic carbocycles. The fourth-order valence-corrected chi connectivity index (χ4v) is 3.11. The van der Waals surface area contributed by atoms with E-state index < -0.39 is 6.10 Å². The molecule has 8 nitrogen and oxygen atoms in total. The molecule has 1 heterocycles. The largest absolute Gasteiger partial charge is 0.493 e. The van der Waals surface area contributed by atoms with Crippen molar-refractivity contribution in [1.29, 1.82) is 0 Å². The van der Waals surface area contributed by atoms with Gasteiger partial charge in [-0.15, -0.1) is 0 Å². The highest BCUT2D eigenvalue weighted by atomic mass is 16.5.